The highest BCUT2D eigenvalue weighted by atomic mass is 35.5. The molecule has 27 heavy (non-hydrogen) atoms. The van der Waals surface area contributed by atoms with Gasteiger partial charge in [0, 0.05) is 28.2 Å². The van der Waals surface area contributed by atoms with E-state index in [2.05, 4.69) is 25.6 Å². The number of aromatic nitrogens is 3. The van der Waals surface area contributed by atoms with Crippen molar-refractivity contribution in [2.75, 3.05) is 10.6 Å². The molecule has 0 aliphatic carbocycles. The molecular weight excluding hydrogens is 366 g/mol. The summed E-state index contributed by atoms with van der Waals surface area (Å²) in [6.45, 7) is 0. The molecule has 4 rings (SSSR count). The number of anilines is 4. The Morgan fingerprint density at radius 2 is 1.48 bits per heavy atom. The van der Waals surface area contributed by atoms with Crippen molar-refractivity contribution in [3.8, 4) is 11.5 Å². The highest BCUT2D eigenvalue weighted by Gasteiger charge is 2.09. The summed E-state index contributed by atoms with van der Waals surface area (Å²) in [4.78, 5) is 12.5. The van der Waals surface area contributed by atoms with Crippen molar-refractivity contribution < 1.29 is 10.2 Å². The van der Waals surface area contributed by atoms with Gasteiger partial charge in [-0.15, -0.1) is 0 Å². The van der Waals surface area contributed by atoms with Crippen LogP contribution in [0.2, 0.25) is 5.28 Å². The zero-order valence-corrected chi connectivity index (χ0v) is 14.6. The normalized spacial score (nSPS) is 10.7. The largest absolute Gasteiger partial charge is 0.508 e. The quantitative estimate of drug-likeness (QED) is 0.385. The third-order valence-electron chi connectivity index (χ3n) is 3.86. The van der Waals surface area contributed by atoms with Crippen molar-refractivity contribution in [1.29, 1.82) is 0 Å². The smallest absolute Gasteiger partial charge is 0.233 e. The van der Waals surface area contributed by atoms with Crippen LogP contribution in [0.1, 0.15) is 0 Å². The second-order valence-corrected chi connectivity index (χ2v) is 6.07. The molecule has 4 N–H and O–H groups in total. The van der Waals surface area contributed by atoms with Crippen LogP contribution in [0.5, 0.6) is 11.5 Å². The van der Waals surface area contributed by atoms with E-state index in [0.29, 0.717) is 16.8 Å². The third kappa shape index (κ3) is 3.68. The number of rotatable bonds is 4. The van der Waals surface area contributed by atoms with Crippen molar-refractivity contribution in [1.82, 2.24) is 15.0 Å². The molecule has 4 aromatic rings. The molecule has 0 aliphatic rings. The van der Waals surface area contributed by atoms with Crippen LogP contribution in [0.3, 0.4) is 0 Å². The van der Waals surface area contributed by atoms with Crippen LogP contribution in [0.25, 0.3) is 10.8 Å². The molecular formula is C19H14ClN5O2. The van der Waals surface area contributed by atoms with Gasteiger partial charge in [0.15, 0.2) is 0 Å². The lowest BCUT2D eigenvalue weighted by Crippen LogP contribution is -2.04. The van der Waals surface area contributed by atoms with Gasteiger partial charge in [0.25, 0.3) is 0 Å². The number of phenols is 2. The highest BCUT2D eigenvalue weighted by Crippen LogP contribution is 2.32. The number of hydrogen-bond acceptors (Lipinski definition) is 7. The maximum Gasteiger partial charge on any atom is 0.233 e. The Morgan fingerprint density at radius 1 is 0.741 bits per heavy atom. The van der Waals surface area contributed by atoms with Gasteiger partial charge in [-0.05, 0) is 35.9 Å². The van der Waals surface area contributed by atoms with E-state index in [0.717, 1.165) is 5.39 Å². The molecule has 0 saturated heterocycles. The highest BCUT2D eigenvalue weighted by molar-refractivity contribution is 6.28. The number of benzene rings is 3. The zero-order chi connectivity index (χ0) is 18.8. The molecule has 1 aromatic heterocycles. The molecule has 3 aromatic carbocycles. The number of nitrogens with one attached hydrogen (secondary N) is 2. The predicted octanol–water partition coefficient (Wildman–Crippen LogP) is 4.58. The Kier molecular flexibility index (Phi) is 4.35. The molecule has 0 bridgehead atoms. The first-order valence-electron chi connectivity index (χ1n) is 8.04. The summed E-state index contributed by atoms with van der Waals surface area (Å²) in [7, 11) is 0. The average Bonchev–Trinajstić information content (AvgIpc) is 2.64. The molecule has 0 fully saturated rings. The van der Waals surface area contributed by atoms with Crippen LogP contribution in [-0.2, 0) is 0 Å². The Morgan fingerprint density at radius 3 is 2.26 bits per heavy atom. The first-order valence-corrected chi connectivity index (χ1v) is 8.42. The van der Waals surface area contributed by atoms with E-state index in [1.807, 2.05) is 24.3 Å². The maximum absolute atomic E-state index is 10.0. The van der Waals surface area contributed by atoms with Gasteiger partial charge in [0.2, 0.25) is 17.2 Å². The molecule has 0 aliphatic heterocycles. The molecule has 134 valence electrons. The summed E-state index contributed by atoms with van der Waals surface area (Å²) in [5.74, 6) is 0.782. The Balaban J connectivity index is 1.67. The van der Waals surface area contributed by atoms with Gasteiger partial charge in [-0.25, -0.2) is 0 Å². The van der Waals surface area contributed by atoms with Crippen molar-refractivity contribution in [3.05, 3.63) is 65.9 Å². The number of fused-ring (bicyclic) bond motifs is 1. The minimum absolute atomic E-state index is 0.0123. The van der Waals surface area contributed by atoms with E-state index in [9.17, 15) is 10.2 Å². The SMILES string of the molecule is Oc1cccc(Nc2nc(Cl)nc(Nc3ccc(O)c4ccccc34)n2)c1. The molecule has 7 nitrogen and oxygen atoms in total. The number of phenolic OH excluding ortho intramolecular Hbond substituents is 2. The minimum Gasteiger partial charge on any atom is -0.508 e. The lowest BCUT2D eigenvalue weighted by atomic mass is 10.1. The lowest BCUT2D eigenvalue weighted by molar-refractivity contribution is 0.475. The van der Waals surface area contributed by atoms with Crippen molar-refractivity contribution in [2.24, 2.45) is 0 Å². The standard InChI is InChI=1S/C19H14ClN5O2/c20-17-23-18(21-11-4-3-5-12(26)10-11)25-19(24-17)22-15-8-9-16(27)14-7-2-1-6-13(14)15/h1-10,26-27H,(H2,21,22,23,24,25). The van der Waals surface area contributed by atoms with Crippen molar-refractivity contribution in [3.63, 3.8) is 0 Å². The summed E-state index contributed by atoms with van der Waals surface area (Å²) >= 11 is 6.03. The second kappa shape index (κ2) is 6.97. The van der Waals surface area contributed by atoms with Crippen molar-refractivity contribution >= 4 is 45.6 Å². The van der Waals surface area contributed by atoms with Crippen LogP contribution in [0, 0.1) is 0 Å². The molecule has 0 atom stereocenters. The minimum atomic E-state index is 0.0123. The monoisotopic (exact) mass is 379 g/mol. The van der Waals surface area contributed by atoms with Gasteiger partial charge >= 0.3 is 0 Å². The second-order valence-electron chi connectivity index (χ2n) is 5.73. The van der Waals surface area contributed by atoms with Crippen molar-refractivity contribution in [2.45, 2.75) is 0 Å². The molecule has 1 heterocycles. The summed E-state index contributed by atoms with van der Waals surface area (Å²) < 4.78 is 0. The fraction of sp³-hybridized carbons (Fsp3) is 0. The average molecular weight is 380 g/mol. The maximum atomic E-state index is 10.0. The molecule has 0 amide bonds. The number of hydrogen-bond donors (Lipinski definition) is 4. The van der Waals surface area contributed by atoms with Gasteiger partial charge in [-0.2, -0.15) is 15.0 Å². The van der Waals surface area contributed by atoms with E-state index in [1.54, 1.807) is 30.3 Å². The first-order chi connectivity index (χ1) is 13.1. The predicted molar refractivity (Wildman–Crippen MR) is 105 cm³/mol. The first kappa shape index (κ1) is 16.9. The number of aromatic hydroxyl groups is 2. The summed E-state index contributed by atoms with van der Waals surface area (Å²) in [6, 6.07) is 17.3. The number of nitrogens with zero attached hydrogens (tertiary/aromatic N) is 3. The third-order valence-corrected chi connectivity index (χ3v) is 4.03. The van der Waals surface area contributed by atoms with E-state index >= 15 is 0 Å². The molecule has 8 heteroatoms. The summed E-state index contributed by atoms with van der Waals surface area (Å²) in [5, 5.41) is 27.2. The molecule has 0 spiro atoms. The van der Waals surface area contributed by atoms with Crippen LogP contribution in [0.15, 0.2) is 60.7 Å². The molecule has 0 unspecified atom stereocenters. The summed E-state index contributed by atoms with van der Waals surface area (Å²) in [5.41, 5.74) is 1.33. The number of halogens is 1. The van der Waals surface area contributed by atoms with E-state index in [-0.39, 0.29) is 28.7 Å². The van der Waals surface area contributed by atoms with Gasteiger partial charge in [-0.1, -0.05) is 30.3 Å². The fourth-order valence-electron chi connectivity index (χ4n) is 2.69. The van der Waals surface area contributed by atoms with Crippen LogP contribution < -0.4 is 10.6 Å². The molecule has 0 saturated carbocycles. The van der Waals surface area contributed by atoms with E-state index in [4.69, 9.17) is 11.6 Å². The Labute approximate surface area is 159 Å². The van der Waals surface area contributed by atoms with Gasteiger partial charge in [0.05, 0.1) is 0 Å². The van der Waals surface area contributed by atoms with Gasteiger partial charge < -0.3 is 20.8 Å². The van der Waals surface area contributed by atoms with Gasteiger partial charge in [0.1, 0.15) is 11.5 Å². The Bertz CT molecular complexity index is 1140. The van der Waals surface area contributed by atoms with Crippen LogP contribution >= 0.6 is 11.6 Å². The van der Waals surface area contributed by atoms with Crippen LogP contribution in [0.4, 0.5) is 23.3 Å². The van der Waals surface area contributed by atoms with Crippen LogP contribution in [-0.4, -0.2) is 25.2 Å². The van der Waals surface area contributed by atoms with E-state index < -0.39 is 0 Å². The fourth-order valence-corrected chi connectivity index (χ4v) is 2.85. The zero-order valence-electron chi connectivity index (χ0n) is 13.9. The molecule has 0 radical (unpaired) electrons. The Hall–Kier alpha value is -3.58. The topological polar surface area (TPSA) is 103 Å². The van der Waals surface area contributed by atoms with Gasteiger partial charge in [-0.3, -0.25) is 0 Å². The summed E-state index contributed by atoms with van der Waals surface area (Å²) in [6.07, 6.45) is 0. The lowest BCUT2D eigenvalue weighted by Gasteiger charge is -2.11. The van der Waals surface area contributed by atoms with E-state index in [1.165, 1.54) is 6.07 Å².